The maximum Gasteiger partial charge on any atom is 0.405 e. The van der Waals surface area contributed by atoms with Crippen LogP contribution in [0, 0.1) is 5.92 Å². The molecule has 5 heteroatoms. The summed E-state index contributed by atoms with van der Waals surface area (Å²) in [6, 6.07) is -0.985. The molecule has 0 aliphatic rings. The lowest BCUT2D eigenvalue weighted by molar-refractivity contribution is -0.139. The Labute approximate surface area is 83.1 Å². The van der Waals surface area contributed by atoms with Crippen molar-refractivity contribution >= 4 is 12.1 Å². The van der Waals surface area contributed by atoms with Crippen LogP contribution in [0.1, 0.15) is 33.1 Å². The summed E-state index contributed by atoms with van der Waals surface area (Å²) in [5.41, 5.74) is 0. The van der Waals surface area contributed by atoms with Crippen molar-refractivity contribution in [2.24, 2.45) is 5.92 Å². The smallest absolute Gasteiger partial charge is 0.405 e. The molecule has 0 bridgehead atoms. The minimum atomic E-state index is -1.29. The van der Waals surface area contributed by atoms with Crippen LogP contribution in [0.3, 0.4) is 0 Å². The second-order valence-electron chi connectivity index (χ2n) is 3.43. The third-order valence-corrected chi connectivity index (χ3v) is 2.24. The Morgan fingerprint density at radius 3 is 2.21 bits per heavy atom. The standard InChI is InChI=1S/C9H17NO4/c1-3-6(2)4-5-7(8(11)12)10-9(13)14/h6-7,10H,3-5H2,1-2H3,(H,11,12)(H,13,14). The van der Waals surface area contributed by atoms with Crippen molar-refractivity contribution in [3.63, 3.8) is 0 Å². The SMILES string of the molecule is CCC(C)CCC(NC(=O)O)C(=O)O. The summed E-state index contributed by atoms with van der Waals surface area (Å²) < 4.78 is 0. The van der Waals surface area contributed by atoms with Gasteiger partial charge in [-0.15, -0.1) is 0 Å². The first kappa shape index (κ1) is 12.7. The summed E-state index contributed by atoms with van der Waals surface area (Å²) in [5.74, 6) is -0.692. The van der Waals surface area contributed by atoms with E-state index in [0.29, 0.717) is 18.8 Å². The normalized spacial score (nSPS) is 14.4. The lowest BCUT2D eigenvalue weighted by Crippen LogP contribution is -2.40. The molecule has 0 spiro atoms. The Hall–Kier alpha value is -1.26. The zero-order valence-electron chi connectivity index (χ0n) is 8.49. The Morgan fingerprint density at radius 1 is 1.29 bits per heavy atom. The van der Waals surface area contributed by atoms with E-state index in [1.165, 1.54) is 0 Å². The third-order valence-electron chi connectivity index (χ3n) is 2.24. The molecule has 1 amide bonds. The Bertz CT molecular complexity index is 205. The van der Waals surface area contributed by atoms with Crippen LogP contribution in [0.2, 0.25) is 0 Å². The molecule has 2 unspecified atom stereocenters. The van der Waals surface area contributed by atoms with Gasteiger partial charge in [-0.25, -0.2) is 9.59 Å². The molecule has 14 heavy (non-hydrogen) atoms. The molecule has 3 N–H and O–H groups in total. The third kappa shape index (κ3) is 5.40. The summed E-state index contributed by atoms with van der Waals surface area (Å²) in [6.07, 6.45) is 0.741. The van der Waals surface area contributed by atoms with Crippen LogP contribution in [0.5, 0.6) is 0 Å². The highest BCUT2D eigenvalue weighted by molar-refractivity contribution is 5.78. The number of nitrogens with one attached hydrogen (secondary N) is 1. The van der Waals surface area contributed by atoms with Gasteiger partial charge in [0.2, 0.25) is 0 Å². The van der Waals surface area contributed by atoms with E-state index < -0.39 is 18.1 Å². The van der Waals surface area contributed by atoms with E-state index in [1.807, 2.05) is 19.2 Å². The molecule has 5 nitrogen and oxygen atoms in total. The van der Waals surface area contributed by atoms with Gasteiger partial charge in [0.05, 0.1) is 0 Å². The molecular formula is C9H17NO4. The summed E-state index contributed by atoms with van der Waals surface area (Å²) in [4.78, 5) is 20.9. The van der Waals surface area contributed by atoms with Crippen LogP contribution < -0.4 is 5.32 Å². The number of carbonyl (C=O) groups is 2. The predicted molar refractivity (Wildman–Crippen MR) is 51.3 cm³/mol. The maximum atomic E-state index is 10.6. The van der Waals surface area contributed by atoms with Crippen molar-refractivity contribution in [1.82, 2.24) is 5.32 Å². The van der Waals surface area contributed by atoms with Crippen molar-refractivity contribution in [3.8, 4) is 0 Å². The van der Waals surface area contributed by atoms with Gasteiger partial charge in [0.1, 0.15) is 6.04 Å². The van der Waals surface area contributed by atoms with Gasteiger partial charge >= 0.3 is 12.1 Å². The first-order valence-corrected chi connectivity index (χ1v) is 4.69. The minimum absolute atomic E-state index is 0.344. The van der Waals surface area contributed by atoms with E-state index in [1.54, 1.807) is 0 Å². The molecular weight excluding hydrogens is 186 g/mol. The van der Waals surface area contributed by atoms with E-state index in [0.717, 1.165) is 6.42 Å². The topological polar surface area (TPSA) is 86.6 Å². The Balaban J connectivity index is 3.97. The second-order valence-corrected chi connectivity index (χ2v) is 3.43. The number of amides is 1. The van der Waals surface area contributed by atoms with E-state index >= 15 is 0 Å². The zero-order chi connectivity index (χ0) is 11.1. The monoisotopic (exact) mass is 203 g/mol. The van der Waals surface area contributed by atoms with Gasteiger partial charge in [-0.2, -0.15) is 0 Å². The highest BCUT2D eigenvalue weighted by atomic mass is 16.4. The van der Waals surface area contributed by atoms with Gasteiger partial charge in [-0.3, -0.25) is 0 Å². The van der Waals surface area contributed by atoms with Crippen LogP contribution in [0.25, 0.3) is 0 Å². The zero-order valence-corrected chi connectivity index (χ0v) is 8.49. The van der Waals surface area contributed by atoms with E-state index in [-0.39, 0.29) is 0 Å². The van der Waals surface area contributed by atoms with Gasteiger partial charge < -0.3 is 15.5 Å². The quantitative estimate of drug-likeness (QED) is 0.611. The molecule has 0 heterocycles. The molecule has 0 fully saturated rings. The first-order chi connectivity index (χ1) is 6.47. The molecule has 0 radical (unpaired) electrons. The van der Waals surface area contributed by atoms with Crippen molar-refractivity contribution in [2.75, 3.05) is 0 Å². The van der Waals surface area contributed by atoms with Crippen molar-refractivity contribution in [2.45, 2.75) is 39.2 Å². The summed E-state index contributed by atoms with van der Waals surface area (Å²) in [6.45, 7) is 4.03. The maximum absolute atomic E-state index is 10.6. The van der Waals surface area contributed by atoms with Crippen LogP contribution in [0.15, 0.2) is 0 Å². The lowest BCUT2D eigenvalue weighted by Gasteiger charge is -2.14. The summed E-state index contributed by atoms with van der Waals surface area (Å²) >= 11 is 0. The van der Waals surface area contributed by atoms with Gasteiger partial charge in [0, 0.05) is 0 Å². The number of rotatable bonds is 6. The fraction of sp³-hybridized carbons (Fsp3) is 0.778. The number of hydrogen-bond acceptors (Lipinski definition) is 2. The summed E-state index contributed by atoms with van der Waals surface area (Å²) in [5, 5.41) is 19.0. The molecule has 0 aromatic carbocycles. The van der Waals surface area contributed by atoms with Gasteiger partial charge in [-0.1, -0.05) is 20.3 Å². The highest BCUT2D eigenvalue weighted by Crippen LogP contribution is 2.11. The van der Waals surface area contributed by atoms with Crippen LogP contribution in [-0.4, -0.2) is 28.3 Å². The molecule has 0 saturated carbocycles. The van der Waals surface area contributed by atoms with Crippen LogP contribution in [0.4, 0.5) is 4.79 Å². The Morgan fingerprint density at radius 2 is 1.86 bits per heavy atom. The Kier molecular flexibility index (Phi) is 5.67. The largest absolute Gasteiger partial charge is 0.480 e. The second kappa shape index (κ2) is 6.23. The van der Waals surface area contributed by atoms with E-state index in [4.69, 9.17) is 10.2 Å². The van der Waals surface area contributed by atoms with Gasteiger partial charge in [0.15, 0.2) is 0 Å². The van der Waals surface area contributed by atoms with E-state index in [9.17, 15) is 9.59 Å². The van der Waals surface area contributed by atoms with E-state index in [2.05, 4.69) is 0 Å². The average molecular weight is 203 g/mol. The number of hydrogen-bond donors (Lipinski definition) is 3. The molecule has 0 aliphatic heterocycles. The van der Waals surface area contributed by atoms with Gasteiger partial charge in [0.25, 0.3) is 0 Å². The lowest BCUT2D eigenvalue weighted by atomic mass is 9.99. The average Bonchev–Trinajstić information content (AvgIpc) is 2.10. The molecule has 82 valence electrons. The van der Waals surface area contributed by atoms with Gasteiger partial charge in [-0.05, 0) is 18.8 Å². The van der Waals surface area contributed by atoms with Crippen molar-refractivity contribution in [1.29, 1.82) is 0 Å². The first-order valence-electron chi connectivity index (χ1n) is 4.69. The number of carboxylic acid groups (broad SMARTS) is 2. The molecule has 0 rings (SSSR count). The molecule has 0 aromatic heterocycles. The van der Waals surface area contributed by atoms with Crippen molar-refractivity contribution < 1.29 is 19.8 Å². The molecule has 0 saturated heterocycles. The molecule has 0 aromatic rings. The molecule has 2 atom stereocenters. The summed E-state index contributed by atoms with van der Waals surface area (Å²) in [7, 11) is 0. The number of aliphatic carboxylic acids is 1. The fourth-order valence-electron chi connectivity index (χ4n) is 1.06. The predicted octanol–water partition coefficient (Wildman–Crippen LogP) is 1.53. The van der Waals surface area contributed by atoms with Crippen LogP contribution >= 0.6 is 0 Å². The fourth-order valence-corrected chi connectivity index (χ4v) is 1.06. The minimum Gasteiger partial charge on any atom is -0.480 e. The number of carboxylic acids is 1. The van der Waals surface area contributed by atoms with Crippen molar-refractivity contribution in [3.05, 3.63) is 0 Å². The highest BCUT2D eigenvalue weighted by Gasteiger charge is 2.19. The molecule has 0 aliphatic carbocycles. The van der Waals surface area contributed by atoms with Crippen LogP contribution in [-0.2, 0) is 4.79 Å².